The molecular formula is C24H25NO2. The lowest BCUT2D eigenvalue weighted by Crippen LogP contribution is -2.25. The minimum absolute atomic E-state index is 0.0367. The van der Waals surface area contributed by atoms with Crippen molar-refractivity contribution in [2.24, 2.45) is 0 Å². The van der Waals surface area contributed by atoms with E-state index in [0.29, 0.717) is 6.54 Å². The van der Waals surface area contributed by atoms with Crippen molar-refractivity contribution in [2.45, 2.75) is 32.7 Å². The molecule has 3 rings (SSSR count). The molecule has 3 nitrogen and oxygen atoms in total. The highest BCUT2D eigenvalue weighted by molar-refractivity contribution is 5.78. The van der Waals surface area contributed by atoms with Crippen LogP contribution in [0.2, 0.25) is 0 Å². The number of amides is 1. The van der Waals surface area contributed by atoms with Gasteiger partial charge < -0.3 is 10.4 Å². The van der Waals surface area contributed by atoms with E-state index in [2.05, 4.69) is 5.32 Å². The van der Waals surface area contributed by atoms with E-state index in [4.69, 9.17) is 0 Å². The lowest BCUT2D eigenvalue weighted by Gasteiger charge is -2.20. The van der Waals surface area contributed by atoms with Gasteiger partial charge in [0.2, 0.25) is 5.91 Å². The molecule has 27 heavy (non-hydrogen) atoms. The molecule has 0 aliphatic carbocycles. The second-order valence-corrected chi connectivity index (χ2v) is 6.88. The van der Waals surface area contributed by atoms with Gasteiger partial charge in [-0.3, -0.25) is 4.79 Å². The molecule has 0 fully saturated rings. The molecule has 0 saturated heterocycles. The molecule has 1 amide bonds. The van der Waals surface area contributed by atoms with Crippen molar-refractivity contribution in [3.05, 3.63) is 101 Å². The van der Waals surface area contributed by atoms with Crippen LogP contribution in [0.3, 0.4) is 0 Å². The van der Waals surface area contributed by atoms with Crippen LogP contribution in [0.15, 0.2) is 72.8 Å². The highest BCUT2D eigenvalue weighted by Crippen LogP contribution is 2.36. The van der Waals surface area contributed by atoms with Crippen molar-refractivity contribution in [2.75, 3.05) is 0 Å². The van der Waals surface area contributed by atoms with E-state index in [1.54, 1.807) is 0 Å². The van der Waals surface area contributed by atoms with Gasteiger partial charge in [-0.05, 0) is 36.1 Å². The van der Waals surface area contributed by atoms with E-state index in [0.717, 1.165) is 27.8 Å². The van der Waals surface area contributed by atoms with Gasteiger partial charge >= 0.3 is 0 Å². The fourth-order valence-electron chi connectivity index (χ4n) is 3.25. The lowest BCUT2D eigenvalue weighted by molar-refractivity contribution is -0.121. The van der Waals surface area contributed by atoms with Crippen molar-refractivity contribution in [3.8, 4) is 5.75 Å². The van der Waals surface area contributed by atoms with Crippen LogP contribution in [0.25, 0.3) is 0 Å². The molecule has 0 aliphatic heterocycles. The molecule has 2 N–H and O–H groups in total. The number of hydrogen-bond acceptors (Lipinski definition) is 2. The van der Waals surface area contributed by atoms with E-state index in [9.17, 15) is 9.90 Å². The van der Waals surface area contributed by atoms with Gasteiger partial charge in [-0.25, -0.2) is 0 Å². The zero-order valence-corrected chi connectivity index (χ0v) is 15.8. The summed E-state index contributed by atoms with van der Waals surface area (Å²) >= 11 is 0. The zero-order chi connectivity index (χ0) is 19.2. The molecule has 3 aromatic carbocycles. The molecule has 0 bridgehead atoms. The first-order valence-corrected chi connectivity index (χ1v) is 9.21. The standard InChI is InChI=1S/C24H25NO2/c1-17-13-14-21(24(27)18(17)2)22(20-11-7-4-8-12-20)15-23(26)25-16-19-9-5-3-6-10-19/h3-14,22,27H,15-16H2,1-2H3,(H,25,26)/t22-/m1/s1. The van der Waals surface area contributed by atoms with Crippen molar-refractivity contribution < 1.29 is 9.90 Å². The maximum absolute atomic E-state index is 12.6. The Morgan fingerprint density at radius 2 is 1.56 bits per heavy atom. The third kappa shape index (κ3) is 4.56. The Labute approximate surface area is 160 Å². The molecule has 0 radical (unpaired) electrons. The third-order valence-corrected chi connectivity index (χ3v) is 5.03. The summed E-state index contributed by atoms with van der Waals surface area (Å²) < 4.78 is 0. The normalized spacial score (nSPS) is 11.8. The molecule has 1 atom stereocenters. The number of rotatable bonds is 6. The Morgan fingerprint density at radius 3 is 2.22 bits per heavy atom. The molecule has 0 aromatic heterocycles. The topological polar surface area (TPSA) is 49.3 Å². The summed E-state index contributed by atoms with van der Waals surface area (Å²) in [6, 6.07) is 23.7. The highest BCUT2D eigenvalue weighted by Gasteiger charge is 2.22. The van der Waals surface area contributed by atoms with Gasteiger partial charge in [-0.1, -0.05) is 72.8 Å². The van der Waals surface area contributed by atoms with Crippen molar-refractivity contribution in [3.63, 3.8) is 0 Å². The largest absolute Gasteiger partial charge is 0.507 e. The van der Waals surface area contributed by atoms with Crippen LogP contribution >= 0.6 is 0 Å². The summed E-state index contributed by atoms with van der Waals surface area (Å²) in [6.07, 6.45) is 0.285. The minimum atomic E-state index is -0.193. The average molecular weight is 359 g/mol. The van der Waals surface area contributed by atoms with E-state index in [1.165, 1.54) is 0 Å². The maximum Gasteiger partial charge on any atom is 0.221 e. The Balaban J connectivity index is 1.83. The van der Waals surface area contributed by atoms with Crippen LogP contribution in [0.1, 0.15) is 40.2 Å². The Kier molecular flexibility index (Phi) is 5.92. The number of carbonyl (C=O) groups excluding carboxylic acids is 1. The van der Waals surface area contributed by atoms with Crippen molar-refractivity contribution >= 4 is 5.91 Å². The maximum atomic E-state index is 12.6. The quantitative estimate of drug-likeness (QED) is 0.661. The number of carbonyl (C=O) groups is 1. The van der Waals surface area contributed by atoms with E-state index >= 15 is 0 Å². The van der Waals surface area contributed by atoms with Gasteiger partial charge in [0.15, 0.2) is 0 Å². The van der Waals surface area contributed by atoms with E-state index in [1.807, 2.05) is 86.6 Å². The number of hydrogen-bond donors (Lipinski definition) is 2. The SMILES string of the molecule is Cc1ccc([C@H](CC(=O)NCc2ccccc2)c2ccccc2)c(O)c1C. The molecule has 138 valence electrons. The third-order valence-electron chi connectivity index (χ3n) is 5.03. The second-order valence-electron chi connectivity index (χ2n) is 6.88. The fourth-order valence-corrected chi connectivity index (χ4v) is 3.25. The zero-order valence-electron chi connectivity index (χ0n) is 15.8. The van der Waals surface area contributed by atoms with Crippen LogP contribution in [-0.4, -0.2) is 11.0 Å². The molecule has 0 heterocycles. The number of phenolic OH excluding ortho intramolecular Hbond substituents is 1. The second kappa shape index (κ2) is 8.54. The van der Waals surface area contributed by atoms with Gasteiger partial charge in [0.1, 0.15) is 5.75 Å². The van der Waals surface area contributed by atoms with Gasteiger partial charge in [-0.2, -0.15) is 0 Å². The van der Waals surface area contributed by atoms with Crippen LogP contribution < -0.4 is 5.32 Å². The first-order valence-electron chi connectivity index (χ1n) is 9.21. The predicted octanol–water partition coefficient (Wildman–Crippen LogP) is 4.85. The monoisotopic (exact) mass is 359 g/mol. The van der Waals surface area contributed by atoms with Crippen LogP contribution in [0.5, 0.6) is 5.75 Å². The van der Waals surface area contributed by atoms with Gasteiger partial charge in [-0.15, -0.1) is 0 Å². The molecule has 0 spiro atoms. The molecule has 3 heteroatoms. The summed E-state index contributed by atoms with van der Waals surface area (Å²) in [7, 11) is 0. The number of phenols is 1. The smallest absolute Gasteiger partial charge is 0.221 e. The molecule has 3 aromatic rings. The van der Waals surface area contributed by atoms with E-state index < -0.39 is 0 Å². The van der Waals surface area contributed by atoms with Crippen LogP contribution in [0, 0.1) is 13.8 Å². The van der Waals surface area contributed by atoms with Crippen LogP contribution in [0.4, 0.5) is 0 Å². The lowest BCUT2D eigenvalue weighted by atomic mass is 9.86. The summed E-state index contributed by atoms with van der Waals surface area (Å²) in [5, 5.41) is 13.7. The summed E-state index contributed by atoms with van der Waals surface area (Å²) in [4.78, 5) is 12.6. The summed E-state index contributed by atoms with van der Waals surface area (Å²) in [6.45, 7) is 4.38. The fraction of sp³-hybridized carbons (Fsp3) is 0.208. The highest BCUT2D eigenvalue weighted by atomic mass is 16.3. The summed E-state index contributed by atoms with van der Waals surface area (Å²) in [5.74, 6) is 0.0475. The predicted molar refractivity (Wildman–Crippen MR) is 109 cm³/mol. The van der Waals surface area contributed by atoms with Gasteiger partial charge in [0.25, 0.3) is 0 Å². The minimum Gasteiger partial charge on any atom is -0.507 e. The van der Waals surface area contributed by atoms with Crippen molar-refractivity contribution in [1.29, 1.82) is 0 Å². The first kappa shape index (κ1) is 18.7. The van der Waals surface area contributed by atoms with Crippen LogP contribution in [-0.2, 0) is 11.3 Å². The Hall–Kier alpha value is -3.07. The summed E-state index contributed by atoms with van der Waals surface area (Å²) in [5.41, 5.74) is 4.77. The van der Waals surface area contributed by atoms with Gasteiger partial charge in [0.05, 0.1) is 0 Å². The Bertz CT molecular complexity index is 904. The molecular weight excluding hydrogens is 334 g/mol. The number of aryl methyl sites for hydroxylation is 1. The molecule has 0 saturated carbocycles. The van der Waals surface area contributed by atoms with Gasteiger partial charge in [0, 0.05) is 24.4 Å². The van der Waals surface area contributed by atoms with Crippen molar-refractivity contribution in [1.82, 2.24) is 5.32 Å². The number of aromatic hydroxyl groups is 1. The molecule has 0 aliphatic rings. The van der Waals surface area contributed by atoms with E-state index in [-0.39, 0.29) is 24.0 Å². The number of nitrogens with one attached hydrogen (secondary N) is 1. The first-order chi connectivity index (χ1) is 13.1. The Morgan fingerprint density at radius 1 is 0.926 bits per heavy atom. The number of benzene rings is 3. The molecule has 0 unspecified atom stereocenters. The average Bonchev–Trinajstić information content (AvgIpc) is 2.71.